The van der Waals surface area contributed by atoms with Crippen LogP contribution in [-0.2, 0) is 9.59 Å². The molecule has 0 bridgehead atoms. The van der Waals surface area contributed by atoms with Crippen molar-refractivity contribution >= 4 is 40.9 Å². The van der Waals surface area contributed by atoms with E-state index in [1.54, 1.807) is 0 Å². The van der Waals surface area contributed by atoms with Crippen LogP contribution in [0.5, 0.6) is 0 Å². The van der Waals surface area contributed by atoms with Crippen molar-refractivity contribution in [3.63, 3.8) is 0 Å². The molecule has 0 aromatic heterocycles. The molecule has 0 spiro atoms. The lowest BCUT2D eigenvalue weighted by atomic mass is 9.88. The number of nitrogens with one attached hydrogen (secondary N) is 1. The fourth-order valence-electron chi connectivity index (χ4n) is 4.44. The summed E-state index contributed by atoms with van der Waals surface area (Å²) in [5.41, 5.74) is 3.22. The molecule has 1 saturated heterocycles. The summed E-state index contributed by atoms with van der Waals surface area (Å²) in [6, 6.07) is 10.2. The molecule has 32 heavy (non-hydrogen) atoms. The van der Waals surface area contributed by atoms with E-state index in [1.807, 2.05) is 25.1 Å². The van der Waals surface area contributed by atoms with E-state index < -0.39 is 23.7 Å². The van der Waals surface area contributed by atoms with Crippen LogP contribution in [0.4, 0.5) is 20.6 Å². The van der Waals surface area contributed by atoms with E-state index in [0.29, 0.717) is 10.5 Å². The predicted molar refractivity (Wildman–Crippen MR) is 123 cm³/mol. The SMILES string of the molecule is CCN1c2ccc(/C=C3\C(=O)NC(=O)N(c4ccccc4F)C3=O)cc2C(C)=CC1(C)C. The van der Waals surface area contributed by atoms with Crippen LogP contribution in [0, 0.1) is 5.82 Å². The fourth-order valence-corrected chi connectivity index (χ4v) is 4.44. The zero-order valence-electron chi connectivity index (χ0n) is 18.4. The molecule has 0 saturated carbocycles. The number of carbonyl (C=O) groups excluding carboxylic acids is 3. The second-order valence-electron chi connectivity index (χ2n) is 8.41. The summed E-state index contributed by atoms with van der Waals surface area (Å²) >= 11 is 0. The minimum Gasteiger partial charge on any atom is -0.363 e. The number of rotatable bonds is 3. The number of nitrogens with zero attached hydrogens (tertiary/aromatic N) is 2. The van der Waals surface area contributed by atoms with E-state index >= 15 is 0 Å². The zero-order chi connectivity index (χ0) is 23.2. The summed E-state index contributed by atoms with van der Waals surface area (Å²) in [6.07, 6.45) is 3.62. The summed E-state index contributed by atoms with van der Waals surface area (Å²) < 4.78 is 14.2. The predicted octanol–water partition coefficient (Wildman–Crippen LogP) is 4.51. The van der Waals surface area contributed by atoms with Gasteiger partial charge in [0.15, 0.2) is 0 Å². The summed E-state index contributed by atoms with van der Waals surface area (Å²) in [7, 11) is 0. The number of fused-ring (bicyclic) bond motifs is 1. The molecular weight excluding hydrogens is 409 g/mol. The summed E-state index contributed by atoms with van der Waals surface area (Å²) in [5.74, 6) is -2.42. The largest absolute Gasteiger partial charge is 0.363 e. The quantitative estimate of drug-likeness (QED) is 0.571. The van der Waals surface area contributed by atoms with Crippen molar-refractivity contribution in [1.29, 1.82) is 0 Å². The van der Waals surface area contributed by atoms with E-state index in [-0.39, 0.29) is 16.8 Å². The van der Waals surface area contributed by atoms with Gasteiger partial charge in [-0.25, -0.2) is 14.1 Å². The monoisotopic (exact) mass is 433 g/mol. The van der Waals surface area contributed by atoms with Gasteiger partial charge < -0.3 is 4.90 Å². The number of carbonyl (C=O) groups is 3. The molecule has 7 heteroatoms. The Labute approximate surface area is 186 Å². The van der Waals surface area contributed by atoms with Crippen molar-refractivity contribution in [2.24, 2.45) is 0 Å². The third-order valence-electron chi connectivity index (χ3n) is 5.82. The number of likely N-dealkylation sites (N-methyl/N-ethyl adjacent to an activating group) is 1. The Kier molecular flexibility index (Phi) is 5.20. The Balaban J connectivity index is 1.76. The lowest BCUT2D eigenvalue weighted by molar-refractivity contribution is -0.122. The Morgan fingerprint density at radius 1 is 1.06 bits per heavy atom. The van der Waals surface area contributed by atoms with Gasteiger partial charge in [0, 0.05) is 17.8 Å². The van der Waals surface area contributed by atoms with Crippen LogP contribution < -0.4 is 15.1 Å². The van der Waals surface area contributed by atoms with E-state index in [1.165, 1.54) is 24.3 Å². The first-order valence-electron chi connectivity index (χ1n) is 10.4. The topological polar surface area (TPSA) is 69.7 Å². The third kappa shape index (κ3) is 3.49. The third-order valence-corrected chi connectivity index (χ3v) is 5.82. The van der Waals surface area contributed by atoms with Crippen LogP contribution in [0.2, 0.25) is 0 Å². The van der Waals surface area contributed by atoms with Crippen LogP contribution in [0.3, 0.4) is 0 Å². The second kappa shape index (κ2) is 7.75. The number of hydrogen-bond acceptors (Lipinski definition) is 4. The number of amides is 4. The molecule has 1 fully saturated rings. The first-order chi connectivity index (χ1) is 15.1. The molecule has 164 valence electrons. The highest BCUT2D eigenvalue weighted by Crippen LogP contribution is 2.39. The minimum absolute atomic E-state index is 0.133. The summed E-state index contributed by atoms with van der Waals surface area (Å²) in [4.78, 5) is 40.7. The molecule has 2 aromatic carbocycles. The van der Waals surface area contributed by atoms with E-state index in [4.69, 9.17) is 0 Å². The van der Waals surface area contributed by atoms with Crippen molar-refractivity contribution in [2.75, 3.05) is 16.3 Å². The first kappa shape index (κ1) is 21.5. The molecule has 1 N–H and O–H groups in total. The maximum absolute atomic E-state index is 14.2. The molecule has 0 unspecified atom stereocenters. The average Bonchev–Trinajstić information content (AvgIpc) is 2.72. The average molecular weight is 433 g/mol. The van der Waals surface area contributed by atoms with E-state index in [9.17, 15) is 18.8 Å². The highest BCUT2D eigenvalue weighted by molar-refractivity contribution is 6.39. The Morgan fingerprint density at radius 2 is 1.78 bits per heavy atom. The number of allylic oxidation sites excluding steroid dienone is 1. The molecule has 2 aromatic rings. The maximum Gasteiger partial charge on any atom is 0.336 e. The molecule has 2 aliphatic rings. The van der Waals surface area contributed by atoms with Gasteiger partial charge in [0.05, 0.1) is 11.2 Å². The lowest BCUT2D eigenvalue weighted by Gasteiger charge is -2.42. The van der Waals surface area contributed by atoms with Crippen molar-refractivity contribution in [3.05, 3.63) is 71.1 Å². The molecule has 6 nitrogen and oxygen atoms in total. The van der Waals surface area contributed by atoms with Gasteiger partial charge in [-0.2, -0.15) is 0 Å². The number of para-hydroxylation sites is 1. The smallest absolute Gasteiger partial charge is 0.336 e. The van der Waals surface area contributed by atoms with Gasteiger partial charge in [-0.15, -0.1) is 0 Å². The van der Waals surface area contributed by atoms with Gasteiger partial charge in [0.25, 0.3) is 11.8 Å². The Bertz CT molecular complexity index is 1210. The first-order valence-corrected chi connectivity index (χ1v) is 10.4. The van der Waals surface area contributed by atoms with Crippen LogP contribution in [-0.4, -0.2) is 29.9 Å². The number of benzene rings is 2. The maximum atomic E-state index is 14.2. The molecule has 4 rings (SSSR count). The van der Waals surface area contributed by atoms with Crippen molar-refractivity contribution in [2.45, 2.75) is 33.2 Å². The normalized spacial score (nSPS) is 19.1. The van der Waals surface area contributed by atoms with Crippen LogP contribution in [0.15, 0.2) is 54.1 Å². The molecule has 0 atom stereocenters. The zero-order valence-corrected chi connectivity index (χ0v) is 18.4. The van der Waals surface area contributed by atoms with Gasteiger partial charge in [-0.3, -0.25) is 14.9 Å². The van der Waals surface area contributed by atoms with Crippen LogP contribution in [0.25, 0.3) is 11.6 Å². The molecule has 2 aliphatic heterocycles. The highest BCUT2D eigenvalue weighted by atomic mass is 19.1. The number of anilines is 2. The summed E-state index contributed by atoms with van der Waals surface area (Å²) in [6.45, 7) is 9.25. The highest BCUT2D eigenvalue weighted by Gasteiger charge is 2.38. The standard InChI is InChI=1S/C25H24FN3O3/c1-5-28-20-11-10-16(12-17(20)15(2)14-25(28,3)4)13-18-22(30)27-24(32)29(23(18)31)21-9-7-6-8-19(21)26/h6-14H,5H2,1-4H3,(H,27,30,32)/b18-13+. The Morgan fingerprint density at radius 3 is 2.47 bits per heavy atom. The van der Waals surface area contributed by atoms with Gasteiger partial charge in [0.1, 0.15) is 11.4 Å². The van der Waals surface area contributed by atoms with Crippen LogP contribution >= 0.6 is 0 Å². The molecule has 4 amide bonds. The lowest BCUT2D eigenvalue weighted by Crippen LogP contribution is -2.54. The molecule has 0 aliphatic carbocycles. The number of barbiturate groups is 1. The Hall–Kier alpha value is -3.74. The van der Waals surface area contributed by atoms with Gasteiger partial charge in [-0.05, 0) is 69.2 Å². The number of urea groups is 1. The summed E-state index contributed by atoms with van der Waals surface area (Å²) in [5, 5.41) is 2.13. The van der Waals surface area contributed by atoms with Crippen molar-refractivity contribution < 1.29 is 18.8 Å². The number of hydrogen-bond donors (Lipinski definition) is 1. The van der Waals surface area contributed by atoms with E-state index in [2.05, 4.69) is 37.1 Å². The fraction of sp³-hybridized carbons (Fsp3) is 0.240. The minimum atomic E-state index is -0.979. The number of halogens is 1. The van der Waals surface area contributed by atoms with Crippen molar-refractivity contribution in [3.8, 4) is 0 Å². The number of imide groups is 2. The van der Waals surface area contributed by atoms with Crippen molar-refractivity contribution in [1.82, 2.24) is 5.32 Å². The van der Waals surface area contributed by atoms with Gasteiger partial charge >= 0.3 is 6.03 Å². The van der Waals surface area contributed by atoms with Gasteiger partial charge in [0.2, 0.25) is 0 Å². The van der Waals surface area contributed by atoms with E-state index in [0.717, 1.165) is 29.4 Å². The molecule has 2 heterocycles. The molecular formula is C25H24FN3O3. The molecule has 0 radical (unpaired) electrons. The second-order valence-corrected chi connectivity index (χ2v) is 8.41. The van der Waals surface area contributed by atoms with Gasteiger partial charge in [-0.1, -0.05) is 24.3 Å². The van der Waals surface area contributed by atoms with Crippen LogP contribution in [0.1, 0.15) is 38.8 Å².